The van der Waals surface area contributed by atoms with Crippen LogP contribution in [0.15, 0.2) is 83.0 Å². The second kappa shape index (κ2) is 6.10. The first kappa shape index (κ1) is 13.8. The summed E-state index contributed by atoms with van der Waals surface area (Å²) in [7, 11) is 0. The summed E-state index contributed by atoms with van der Waals surface area (Å²) < 4.78 is 0. The second-order valence-corrected chi connectivity index (χ2v) is 4.90. The fraction of sp³-hybridized carbons (Fsp3) is 0. The molecule has 0 radical (unpaired) electrons. The molecule has 4 heteroatoms. The molecule has 0 amide bonds. The monoisotopic (exact) mass is 288 g/mol. The molecule has 3 aromatic carbocycles. The largest absolute Gasteiger partial charge is 0.369 e. The van der Waals surface area contributed by atoms with Crippen molar-refractivity contribution in [2.75, 3.05) is 0 Å². The Labute approximate surface area is 128 Å². The van der Waals surface area contributed by atoms with Crippen LogP contribution in [0.2, 0.25) is 0 Å². The van der Waals surface area contributed by atoms with E-state index in [-0.39, 0.29) is 5.96 Å². The standard InChI is InChI=1S/C18H16N4/c19-18(20)22-21-17(14-7-2-1-3-8-14)16-11-10-13-6-4-5-9-15(13)12-16/h1-12H,(H4,19,20,22)/b21-17-. The van der Waals surface area contributed by atoms with Gasteiger partial charge in [-0.2, -0.15) is 0 Å². The van der Waals surface area contributed by atoms with Gasteiger partial charge in [-0.25, -0.2) is 0 Å². The maximum Gasteiger partial charge on any atom is 0.211 e. The van der Waals surface area contributed by atoms with Crippen LogP contribution in [-0.2, 0) is 0 Å². The molecule has 3 aromatic rings. The predicted octanol–water partition coefficient (Wildman–Crippen LogP) is 2.87. The van der Waals surface area contributed by atoms with Crippen LogP contribution in [0.25, 0.3) is 10.8 Å². The summed E-state index contributed by atoms with van der Waals surface area (Å²) in [6, 6.07) is 24.2. The highest BCUT2D eigenvalue weighted by molar-refractivity contribution is 6.14. The van der Waals surface area contributed by atoms with E-state index < -0.39 is 0 Å². The minimum atomic E-state index is -0.0609. The Morgan fingerprint density at radius 1 is 0.636 bits per heavy atom. The zero-order valence-corrected chi connectivity index (χ0v) is 12.0. The van der Waals surface area contributed by atoms with Crippen LogP contribution in [0.4, 0.5) is 0 Å². The average Bonchev–Trinajstić information content (AvgIpc) is 2.55. The SMILES string of the molecule is NC(N)=N/N=C(/c1ccccc1)c1ccc2ccccc2c1. The zero-order chi connectivity index (χ0) is 15.4. The summed E-state index contributed by atoms with van der Waals surface area (Å²) in [6.45, 7) is 0. The number of rotatable bonds is 3. The molecule has 0 saturated carbocycles. The van der Waals surface area contributed by atoms with E-state index in [0.717, 1.165) is 22.2 Å². The molecule has 3 rings (SSSR count). The normalized spacial score (nSPS) is 11.4. The molecule has 0 atom stereocenters. The van der Waals surface area contributed by atoms with E-state index in [1.54, 1.807) is 0 Å². The predicted molar refractivity (Wildman–Crippen MR) is 91.8 cm³/mol. The van der Waals surface area contributed by atoms with Crippen LogP contribution in [0.3, 0.4) is 0 Å². The molecular formula is C18H16N4. The van der Waals surface area contributed by atoms with Crippen molar-refractivity contribution in [1.29, 1.82) is 0 Å². The van der Waals surface area contributed by atoms with Gasteiger partial charge in [0, 0.05) is 11.1 Å². The lowest BCUT2D eigenvalue weighted by molar-refractivity contribution is 1.20. The Balaban J connectivity index is 2.15. The topological polar surface area (TPSA) is 76.8 Å². The van der Waals surface area contributed by atoms with Gasteiger partial charge in [-0.3, -0.25) is 0 Å². The molecule has 108 valence electrons. The quantitative estimate of drug-likeness (QED) is 0.441. The Bertz CT molecular complexity index is 847. The highest BCUT2D eigenvalue weighted by atomic mass is 15.3. The number of benzene rings is 3. The molecular weight excluding hydrogens is 272 g/mol. The fourth-order valence-corrected chi connectivity index (χ4v) is 2.32. The van der Waals surface area contributed by atoms with Crippen LogP contribution in [0, 0.1) is 0 Å². The summed E-state index contributed by atoms with van der Waals surface area (Å²) in [5.41, 5.74) is 13.5. The van der Waals surface area contributed by atoms with Crippen molar-refractivity contribution in [2.24, 2.45) is 21.7 Å². The summed E-state index contributed by atoms with van der Waals surface area (Å²) in [5, 5.41) is 10.4. The summed E-state index contributed by atoms with van der Waals surface area (Å²) >= 11 is 0. The van der Waals surface area contributed by atoms with Gasteiger partial charge in [-0.05, 0) is 16.8 Å². The first-order valence-corrected chi connectivity index (χ1v) is 6.95. The molecule has 0 bridgehead atoms. The number of fused-ring (bicyclic) bond motifs is 1. The fourth-order valence-electron chi connectivity index (χ4n) is 2.32. The maximum absolute atomic E-state index is 5.41. The van der Waals surface area contributed by atoms with Gasteiger partial charge in [-0.15, -0.1) is 10.2 Å². The van der Waals surface area contributed by atoms with Gasteiger partial charge in [0.25, 0.3) is 0 Å². The molecule has 0 aliphatic carbocycles. The molecule has 4 N–H and O–H groups in total. The van der Waals surface area contributed by atoms with Crippen LogP contribution < -0.4 is 11.5 Å². The van der Waals surface area contributed by atoms with Crippen molar-refractivity contribution in [1.82, 2.24) is 0 Å². The Morgan fingerprint density at radius 2 is 1.32 bits per heavy atom. The second-order valence-electron chi connectivity index (χ2n) is 4.90. The molecule has 0 aliphatic heterocycles. The van der Waals surface area contributed by atoms with Gasteiger partial charge in [-0.1, -0.05) is 66.7 Å². The van der Waals surface area contributed by atoms with Crippen molar-refractivity contribution in [3.8, 4) is 0 Å². The van der Waals surface area contributed by atoms with E-state index in [1.807, 2.05) is 48.5 Å². The van der Waals surface area contributed by atoms with E-state index in [0.29, 0.717) is 0 Å². The third-order valence-corrected chi connectivity index (χ3v) is 3.34. The number of hydrogen-bond acceptors (Lipinski definition) is 2. The summed E-state index contributed by atoms with van der Waals surface area (Å²) in [6.07, 6.45) is 0. The lowest BCUT2D eigenvalue weighted by Crippen LogP contribution is -2.22. The van der Waals surface area contributed by atoms with Crippen molar-refractivity contribution in [3.05, 3.63) is 83.9 Å². The van der Waals surface area contributed by atoms with Crippen molar-refractivity contribution < 1.29 is 0 Å². The van der Waals surface area contributed by atoms with Crippen molar-refractivity contribution in [3.63, 3.8) is 0 Å². The molecule has 22 heavy (non-hydrogen) atoms. The van der Waals surface area contributed by atoms with Crippen LogP contribution in [0.5, 0.6) is 0 Å². The maximum atomic E-state index is 5.41. The first-order chi connectivity index (χ1) is 10.7. The molecule has 0 aromatic heterocycles. The zero-order valence-electron chi connectivity index (χ0n) is 12.0. The van der Waals surface area contributed by atoms with Crippen molar-refractivity contribution >= 4 is 22.4 Å². The van der Waals surface area contributed by atoms with Crippen molar-refractivity contribution in [2.45, 2.75) is 0 Å². The third-order valence-electron chi connectivity index (χ3n) is 3.34. The van der Waals surface area contributed by atoms with Gasteiger partial charge in [0.1, 0.15) is 5.71 Å². The first-order valence-electron chi connectivity index (χ1n) is 6.95. The minimum absolute atomic E-state index is 0.0609. The summed E-state index contributed by atoms with van der Waals surface area (Å²) in [5.74, 6) is -0.0609. The highest BCUT2D eigenvalue weighted by Crippen LogP contribution is 2.19. The molecule has 0 heterocycles. The molecule has 0 aliphatic rings. The van der Waals surface area contributed by atoms with Gasteiger partial charge < -0.3 is 11.5 Å². The molecule has 0 fully saturated rings. The number of guanidine groups is 1. The average molecular weight is 288 g/mol. The Hall–Kier alpha value is -3.14. The smallest absolute Gasteiger partial charge is 0.211 e. The molecule has 0 spiro atoms. The lowest BCUT2D eigenvalue weighted by atomic mass is 9.99. The van der Waals surface area contributed by atoms with E-state index >= 15 is 0 Å². The summed E-state index contributed by atoms with van der Waals surface area (Å²) in [4.78, 5) is 0. The Morgan fingerprint density at radius 3 is 2.05 bits per heavy atom. The highest BCUT2D eigenvalue weighted by Gasteiger charge is 2.07. The number of nitrogens with two attached hydrogens (primary N) is 2. The van der Waals surface area contributed by atoms with E-state index in [1.165, 1.54) is 5.39 Å². The number of nitrogens with zero attached hydrogens (tertiary/aromatic N) is 2. The van der Waals surface area contributed by atoms with Crippen LogP contribution >= 0.6 is 0 Å². The van der Waals surface area contributed by atoms with Gasteiger partial charge in [0.05, 0.1) is 0 Å². The molecule has 0 saturated heterocycles. The lowest BCUT2D eigenvalue weighted by Gasteiger charge is -2.07. The molecule has 4 nitrogen and oxygen atoms in total. The minimum Gasteiger partial charge on any atom is -0.369 e. The van der Waals surface area contributed by atoms with Gasteiger partial charge in [0.15, 0.2) is 0 Å². The van der Waals surface area contributed by atoms with E-state index in [2.05, 4.69) is 34.5 Å². The van der Waals surface area contributed by atoms with E-state index in [4.69, 9.17) is 11.5 Å². The molecule has 0 unspecified atom stereocenters. The van der Waals surface area contributed by atoms with Gasteiger partial charge >= 0.3 is 0 Å². The van der Waals surface area contributed by atoms with Crippen LogP contribution in [0.1, 0.15) is 11.1 Å². The van der Waals surface area contributed by atoms with Crippen LogP contribution in [-0.4, -0.2) is 11.7 Å². The Kier molecular flexibility index (Phi) is 3.83. The van der Waals surface area contributed by atoms with Gasteiger partial charge in [0.2, 0.25) is 5.96 Å². The number of hydrogen-bond donors (Lipinski definition) is 2. The van der Waals surface area contributed by atoms with E-state index in [9.17, 15) is 0 Å². The third kappa shape index (κ3) is 2.96.